The summed E-state index contributed by atoms with van der Waals surface area (Å²) in [5.41, 5.74) is 0.719. The molecule has 2 aromatic rings. The number of aliphatic hydroxyl groups is 1. The normalized spacial score (nSPS) is 37.4. The molecule has 0 amide bonds. The van der Waals surface area contributed by atoms with E-state index in [1.165, 1.54) is 7.11 Å². The molecule has 5 atom stereocenters. The number of rotatable bonds is 3. The molecule has 5 rings (SSSR count). The number of hydrogen-bond acceptors (Lipinski definition) is 8. The zero-order chi connectivity index (χ0) is 18.3. The lowest BCUT2D eigenvalue weighted by molar-refractivity contribution is -0.305. The first-order valence-corrected chi connectivity index (χ1v) is 8.81. The first kappa shape index (κ1) is 16.6. The summed E-state index contributed by atoms with van der Waals surface area (Å²) in [6.45, 7) is 4.09. The number of aromatic nitrogens is 4. The zero-order valence-electron chi connectivity index (χ0n) is 14.5. The van der Waals surface area contributed by atoms with Gasteiger partial charge in [0.05, 0.1) is 44.2 Å². The van der Waals surface area contributed by atoms with Gasteiger partial charge in [0.1, 0.15) is 12.2 Å². The van der Waals surface area contributed by atoms with Crippen molar-refractivity contribution >= 4 is 22.8 Å². The van der Waals surface area contributed by atoms with Crippen molar-refractivity contribution < 1.29 is 24.1 Å². The third kappa shape index (κ3) is 2.03. The quantitative estimate of drug-likeness (QED) is 0.783. The molecule has 3 unspecified atom stereocenters. The average Bonchev–Trinajstić information content (AvgIpc) is 2.89. The minimum Gasteiger partial charge on any atom is -0.479 e. The summed E-state index contributed by atoms with van der Waals surface area (Å²) in [7, 11) is 1.51. The molecule has 4 heterocycles. The van der Waals surface area contributed by atoms with Crippen molar-refractivity contribution in [3.8, 4) is 5.88 Å². The molecule has 0 aromatic carbocycles. The van der Waals surface area contributed by atoms with Crippen LogP contribution in [0, 0.1) is 5.41 Å². The number of ether oxygens (including phenoxy) is 4. The van der Waals surface area contributed by atoms with Crippen LogP contribution in [-0.4, -0.2) is 69.0 Å². The minimum atomic E-state index is -0.722. The number of nitrogens with zero attached hydrogens (tertiary/aromatic N) is 4. The molecular formula is C16H19ClN4O5. The average molecular weight is 383 g/mol. The van der Waals surface area contributed by atoms with E-state index in [1.807, 2.05) is 18.4 Å². The fourth-order valence-corrected chi connectivity index (χ4v) is 4.53. The molecule has 3 aliphatic rings. The molecule has 1 spiro atoms. The molecule has 2 saturated heterocycles. The molecule has 1 aliphatic carbocycles. The van der Waals surface area contributed by atoms with Crippen molar-refractivity contribution in [1.82, 2.24) is 19.5 Å². The van der Waals surface area contributed by atoms with E-state index < -0.39 is 5.79 Å². The Morgan fingerprint density at radius 1 is 1.38 bits per heavy atom. The first-order chi connectivity index (χ1) is 12.4. The van der Waals surface area contributed by atoms with E-state index in [9.17, 15) is 5.11 Å². The molecule has 1 N–H and O–H groups in total. The van der Waals surface area contributed by atoms with Crippen LogP contribution >= 0.6 is 11.6 Å². The number of aliphatic hydroxyl groups excluding tert-OH is 1. The Hall–Kier alpha value is -1.52. The highest BCUT2D eigenvalue weighted by Crippen LogP contribution is 2.69. The lowest BCUT2D eigenvalue weighted by Crippen LogP contribution is -2.51. The molecule has 26 heavy (non-hydrogen) atoms. The Morgan fingerprint density at radius 2 is 2.19 bits per heavy atom. The van der Waals surface area contributed by atoms with E-state index in [1.54, 1.807) is 6.33 Å². The molecule has 10 heteroatoms. The Bertz CT molecular complexity index is 889. The van der Waals surface area contributed by atoms with Crippen LogP contribution in [0.15, 0.2) is 6.33 Å². The van der Waals surface area contributed by atoms with Gasteiger partial charge in [0.15, 0.2) is 17.0 Å². The van der Waals surface area contributed by atoms with Gasteiger partial charge < -0.3 is 28.6 Å². The number of hydrogen-bond donors (Lipinski definition) is 1. The number of imidazole rings is 1. The summed E-state index contributed by atoms with van der Waals surface area (Å²) in [5.74, 6) is -0.398. The minimum absolute atomic E-state index is 0.0768. The Labute approximate surface area is 154 Å². The van der Waals surface area contributed by atoms with Gasteiger partial charge in [-0.05, 0) is 25.4 Å². The fourth-order valence-electron chi connectivity index (χ4n) is 4.37. The van der Waals surface area contributed by atoms with E-state index in [2.05, 4.69) is 15.0 Å². The molecule has 0 bridgehead atoms. The van der Waals surface area contributed by atoms with Crippen LogP contribution in [0.2, 0.25) is 5.28 Å². The Morgan fingerprint density at radius 3 is 2.92 bits per heavy atom. The monoisotopic (exact) mass is 382 g/mol. The van der Waals surface area contributed by atoms with E-state index >= 15 is 0 Å². The van der Waals surface area contributed by atoms with Crippen molar-refractivity contribution in [2.24, 2.45) is 5.41 Å². The highest BCUT2D eigenvalue weighted by Gasteiger charge is 2.80. The second kappa shape index (κ2) is 5.26. The van der Waals surface area contributed by atoms with Gasteiger partial charge in [0, 0.05) is 0 Å². The number of methoxy groups -OCH3 is 1. The smallest absolute Gasteiger partial charge is 0.246 e. The van der Waals surface area contributed by atoms with Gasteiger partial charge >= 0.3 is 0 Å². The SMILES string of the molecule is COc1nc(Cl)nc2c1ncn2C1[C@@H]2O[C@H](CO)C3OC(C)(C)OCC312. The Balaban J connectivity index is 1.58. The number of halogens is 1. The van der Waals surface area contributed by atoms with Crippen LogP contribution in [0.3, 0.4) is 0 Å². The zero-order valence-corrected chi connectivity index (χ0v) is 15.3. The van der Waals surface area contributed by atoms with Crippen LogP contribution in [0.1, 0.15) is 19.9 Å². The van der Waals surface area contributed by atoms with Gasteiger partial charge in [-0.1, -0.05) is 0 Å². The number of fused-ring (bicyclic) bond motifs is 1. The summed E-state index contributed by atoms with van der Waals surface area (Å²) in [4.78, 5) is 12.8. The molecule has 9 nitrogen and oxygen atoms in total. The largest absolute Gasteiger partial charge is 0.479 e. The molecule has 140 valence electrons. The Kier molecular flexibility index (Phi) is 3.37. The van der Waals surface area contributed by atoms with Gasteiger partial charge in [-0.3, -0.25) is 0 Å². The third-order valence-corrected chi connectivity index (χ3v) is 5.73. The lowest BCUT2D eigenvalue weighted by Gasteiger charge is -2.41. The van der Waals surface area contributed by atoms with E-state index in [4.69, 9.17) is 30.5 Å². The summed E-state index contributed by atoms with van der Waals surface area (Å²) in [6, 6.07) is -0.0768. The lowest BCUT2D eigenvalue weighted by atomic mass is 9.94. The topological polar surface area (TPSA) is 101 Å². The van der Waals surface area contributed by atoms with Crippen LogP contribution in [-0.2, 0) is 14.2 Å². The van der Waals surface area contributed by atoms with Crippen LogP contribution in [0.4, 0.5) is 0 Å². The maximum atomic E-state index is 9.68. The van der Waals surface area contributed by atoms with Crippen LogP contribution in [0.25, 0.3) is 11.2 Å². The van der Waals surface area contributed by atoms with Gasteiger partial charge in [-0.2, -0.15) is 9.97 Å². The van der Waals surface area contributed by atoms with Crippen LogP contribution in [0.5, 0.6) is 5.88 Å². The van der Waals surface area contributed by atoms with Crippen LogP contribution < -0.4 is 4.74 Å². The second-order valence-corrected chi connectivity index (χ2v) is 7.73. The highest BCUT2D eigenvalue weighted by molar-refractivity contribution is 6.28. The maximum Gasteiger partial charge on any atom is 0.246 e. The predicted octanol–water partition coefficient (Wildman–Crippen LogP) is 0.941. The van der Waals surface area contributed by atoms with E-state index in [0.29, 0.717) is 23.7 Å². The standard InChI is InChI=1S/C16H19ClN4O5/c1-15(2)24-5-16-9(11(16)25-7(4-22)10(16)26-15)21-6-18-8-12(21)19-14(17)20-13(8)23-3/h6-7,9-11,22H,4-5H2,1-3H3/t7-,9?,10?,11+,16?/m1/s1. The van der Waals surface area contributed by atoms with Crippen molar-refractivity contribution in [2.45, 2.75) is 44.0 Å². The van der Waals surface area contributed by atoms with Crippen molar-refractivity contribution in [3.63, 3.8) is 0 Å². The van der Waals surface area contributed by atoms with Crippen molar-refractivity contribution in [3.05, 3.63) is 11.6 Å². The maximum absolute atomic E-state index is 9.68. The van der Waals surface area contributed by atoms with Gasteiger partial charge in [0.2, 0.25) is 11.2 Å². The third-order valence-electron chi connectivity index (χ3n) is 5.56. The van der Waals surface area contributed by atoms with Gasteiger partial charge in [-0.25, -0.2) is 4.98 Å². The summed E-state index contributed by atoms with van der Waals surface area (Å²) in [5, 5.41) is 9.77. The van der Waals surface area contributed by atoms with Crippen molar-refractivity contribution in [2.75, 3.05) is 20.3 Å². The molecule has 1 saturated carbocycles. The predicted molar refractivity (Wildman–Crippen MR) is 89.0 cm³/mol. The second-order valence-electron chi connectivity index (χ2n) is 7.39. The van der Waals surface area contributed by atoms with Crippen molar-refractivity contribution in [1.29, 1.82) is 0 Å². The summed E-state index contributed by atoms with van der Waals surface area (Å²) in [6.07, 6.45) is 0.882. The molecule has 2 aromatic heterocycles. The molecular weight excluding hydrogens is 364 g/mol. The molecule has 0 radical (unpaired) electrons. The van der Waals surface area contributed by atoms with Gasteiger partial charge in [-0.15, -0.1) is 0 Å². The summed E-state index contributed by atoms with van der Waals surface area (Å²) < 4.78 is 25.3. The van der Waals surface area contributed by atoms with E-state index in [0.717, 1.165) is 0 Å². The van der Waals surface area contributed by atoms with Gasteiger partial charge in [0.25, 0.3) is 0 Å². The highest BCUT2D eigenvalue weighted by atomic mass is 35.5. The van der Waals surface area contributed by atoms with E-state index in [-0.39, 0.29) is 41.7 Å². The molecule has 2 aliphatic heterocycles. The summed E-state index contributed by atoms with van der Waals surface area (Å²) >= 11 is 6.04. The molecule has 3 fully saturated rings. The first-order valence-electron chi connectivity index (χ1n) is 8.43. The fraction of sp³-hybridized carbons (Fsp3) is 0.688.